The number of benzene rings is 2. The Bertz CT molecular complexity index is 942. The van der Waals surface area contributed by atoms with Gasteiger partial charge >= 0.3 is 0 Å². The van der Waals surface area contributed by atoms with Gasteiger partial charge in [0, 0.05) is 10.9 Å². The molecule has 0 aliphatic heterocycles. The van der Waals surface area contributed by atoms with Crippen LogP contribution in [-0.2, 0) is 6.42 Å². The number of hydrogen-bond donors (Lipinski definition) is 0. The molecule has 0 saturated carbocycles. The predicted octanol–water partition coefficient (Wildman–Crippen LogP) is 6.19. The first kappa shape index (κ1) is 14.5. The standard InChI is InChI=1S/C19H13FINO/c20-15-9-4-5-10-16(15)22(21)17-11-6-8-14-13-7-2-1-3-12-18(13)23-19(14)17/h1-6,8-12H,7H2. The number of rotatable bonds is 2. The average molecular weight is 417 g/mol. The molecule has 0 N–H and O–H groups in total. The number of halogens is 2. The highest BCUT2D eigenvalue weighted by atomic mass is 127. The van der Waals surface area contributed by atoms with Crippen LogP contribution in [0.25, 0.3) is 17.0 Å². The summed E-state index contributed by atoms with van der Waals surface area (Å²) >= 11 is 2.12. The van der Waals surface area contributed by atoms with Gasteiger partial charge in [-0.05, 0) is 30.7 Å². The number of allylic oxidation sites excluding steroid dienone is 3. The van der Waals surface area contributed by atoms with Crippen molar-refractivity contribution in [1.82, 2.24) is 0 Å². The molecule has 1 aromatic heterocycles. The van der Waals surface area contributed by atoms with Crippen LogP contribution in [0.4, 0.5) is 15.8 Å². The fourth-order valence-corrected chi connectivity index (χ4v) is 3.59. The highest BCUT2D eigenvalue weighted by molar-refractivity contribution is 14.1. The first-order chi connectivity index (χ1) is 11.3. The Morgan fingerprint density at radius 1 is 1.00 bits per heavy atom. The number of nitrogens with zero attached hydrogens (tertiary/aromatic N) is 1. The van der Waals surface area contributed by atoms with E-state index in [-0.39, 0.29) is 5.82 Å². The van der Waals surface area contributed by atoms with Crippen molar-refractivity contribution >= 4 is 51.3 Å². The third-order valence-corrected chi connectivity index (χ3v) is 4.96. The van der Waals surface area contributed by atoms with Crippen molar-refractivity contribution in [3.05, 3.63) is 77.8 Å². The van der Waals surface area contributed by atoms with Gasteiger partial charge in [0.05, 0.1) is 34.2 Å². The second kappa shape index (κ2) is 5.85. The Labute approximate surface area is 147 Å². The number of furan rings is 1. The van der Waals surface area contributed by atoms with E-state index in [1.54, 1.807) is 15.2 Å². The zero-order valence-electron chi connectivity index (χ0n) is 12.2. The Balaban J connectivity index is 1.90. The highest BCUT2D eigenvalue weighted by Crippen LogP contribution is 2.40. The van der Waals surface area contributed by atoms with E-state index in [2.05, 4.69) is 35.0 Å². The minimum absolute atomic E-state index is 0.255. The molecule has 0 unspecified atom stereocenters. The van der Waals surface area contributed by atoms with E-state index in [0.29, 0.717) is 5.69 Å². The molecule has 3 aromatic rings. The Morgan fingerprint density at radius 3 is 2.70 bits per heavy atom. The van der Waals surface area contributed by atoms with Gasteiger partial charge in [-0.25, -0.2) is 4.39 Å². The Hall–Kier alpha value is -2.08. The number of hydrogen-bond acceptors (Lipinski definition) is 2. The van der Waals surface area contributed by atoms with Gasteiger partial charge in [-0.1, -0.05) is 42.5 Å². The molecule has 23 heavy (non-hydrogen) atoms. The zero-order valence-corrected chi connectivity index (χ0v) is 14.3. The zero-order chi connectivity index (χ0) is 15.8. The molecule has 0 spiro atoms. The molecule has 1 heterocycles. The minimum atomic E-state index is -0.255. The van der Waals surface area contributed by atoms with Gasteiger partial charge in [0.1, 0.15) is 11.6 Å². The van der Waals surface area contributed by atoms with Crippen LogP contribution < -0.4 is 3.11 Å². The van der Waals surface area contributed by atoms with Gasteiger partial charge in [-0.2, -0.15) is 0 Å². The molecule has 1 aliphatic carbocycles. The smallest absolute Gasteiger partial charge is 0.159 e. The maximum Gasteiger partial charge on any atom is 0.159 e. The summed E-state index contributed by atoms with van der Waals surface area (Å²) in [4.78, 5) is 0. The first-order valence-electron chi connectivity index (χ1n) is 7.34. The lowest BCUT2D eigenvalue weighted by molar-refractivity contribution is 0.600. The molecule has 2 aromatic carbocycles. The SMILES string of the molecule is Fc1ccccc1N(I)c1cccc2c3c(oc12)C=CC=CC3. The van der Waals surface area contributed by atoms with Crippen LogP contribution in [0.2, 0.25) is 0 Å². The van der Waals surface area contributed by atoms with Crippen molar-refractivity contribution in [2.45, 2.75) is 6.42 Å². The summed E-state index contributed by atoms with van der Waals surface area (Å²) in [6.07, 6.45) is 8.92. The third-order valence-electron chi connectivity index (χ3n) is 3.92. The Kier molecular flexibility index (Phi) is 3.69. The maximum atomic E-state index is 14.1. The third kappa shape index (κ3) is 2.47. The van der Waals surface area contributed by atoms with Crippen molar-refractivity contribution in [3.8, 4) is 0 Å². The maximum absolute atomic E-state index is 14.1. The summed E-state index contributed by atoms with van der Waals surface area (Å²) in [6.45, 7) is 0. The van der Waals surface area contributed by atoms with E-state index in [9.17, 15) is 4.39 Å². The van der Waals surface area contributed by atoms with Gasteiger partial charge in [0.2, 0.25) is 0 Å². The Morgan fingerprint density at radius 2 is 1.83 bits per heavy atom. The molecule has 0 amide bonds. The second-order valence-corrected chi connectivity index (χ2v) is 6.29. The average Bonchev–Trinajstić information content (AvgIpc) is 2.76. The summed E-state index contributed by atoms with van der Waals surface area (Å²) in [5.41, 5.74) is 3.32. The molecule has 4 rings (SSSR count). The van der Waals surface area contributed by atoms with Crippen molar-refractivity contribution < 1.29 is 8.81 Å². The van der Waals surface area contributed by atoms with E-state index < -0.39 is 0 Å². The molecule has 0 saturated heterocycles. The van der Waals surface area contributed by atoms with Crippen molar-refractivity contribution in [2.24, 2.45) is 0 Å². The summed E-state index contributed by atoms with van der Waals surface area (Å²) in [5.74, 6) is 0.616. The van der Waals surface area contributed by atoms with Crippen LogP contribution in [-0.4, -0.2) is 0 Å². The minimum Gasteiger partial charge on any atom is -0.454 e. The lowest BCUT2D eigenvalue weighted by Gasteiger charge is -2.17. The van der Waals surface area contributed by atoms with Gasteiger partial charge < -0.3 is 4.42 Å². The van der Waals surface area contributed by atoms with E-state index in [0.717, 1.165) is 28.8 Å². The number of fused-ring (bicyclic) bond motifs is 3. The van der Waals surface area contributed by atoms with Gasteiger partial charge in [0.25, 0.3) is 0 Å². The van der Waals surface area contributed by atoms with Crippen molar-refractivity contribution in [3.63, 3.8) is 0 Å². The molecule has 4 heteroatoms. The van der Waals surface area contributed by atoms with Crippen LogP contribution >= 0.6 is 22.9 Å². The fraction of sp³-hybridized carbons (Fsp3) is 0.0526. The van der Waals surface area contributed by atoms with E-state index >= 15 is 0 Å². The number of para-hydroxylation sites is 2. The lowest BCUT2D eigenvalue weighted by Crippen LogP contribution is -2.03. The quantitative estimate of drug-likeness (QED) is 0.366. The van der Waals surface area contributed by atoms with Crippen LogP contribution in [0.1, 0.15) is 11.3 Å². The largest absolute Gasteiger partial charge is 0.454 e. The fourth-order valence-electron chi connectivity index (χ4n) is 2.82. The number of anilines is 2. The lowest BCUT2D eigenvalue weighted by atomic mass is 10.1. The molecular formula is C19H13FINO. The monoisotopic (exact) mass is 417 g/mol. The predicted molar refractivity (Wildman–Crippen MR) is 101 cm³/mol. The van der Waals surface area contributed by atoms with Gasteiger partial charge in [0.15, 0.2) is 5.58 Å². The van der Waals surface area contributed by atoms with E-state index in [1.165, 1.54) is 11.6 Å². The summed E-state index contributed by atoms with van der Waals surface area (Å²) in [7, 11) is 0. The summed E-state index contributed by atoms with van der Waals surface area (Å²) in [5, 5.41) is 1.08. The van der Waals surface area contributed by atoms with Crippen molar-refractivity contribution in [1.29, 1.82) is 0 Å². The van der Waals surface area contributed by atoms with Gasteiger partial charge in [-0.3, -0.25) is 3.11 Å². The molecule has 0 atom stereocenters. The molecule has 0 fully saturated rings. The van der Waals surface area contributed by atoms with Crippen LogP contribution in [0.5, 0.6) is 0 Å². The van der Waals surface area contributed by atoms with Crippen LogP contribution in [0, 0.1) is 5.82 Å². The van der Waals surface area contributed by atoms with Crippen LogP contribution in [0.15, 0.2) is 65.1 Å². The van der Waals surface area contributed by atoms with Crippen molar-refractivity contribution in [2.75, 3.05) is 3.11 Å². The summed E-state index contributed by atoms with van der Waals surface area (Å²) < 4.78 is 22.0. The van der Waals surface area contributed by atoms with Crippen LogP contribution in [0.3, 0.4) is 0 Å². The second-order valence-electron chi connectivity index (χ2n) is 5.32. The van der Waals surface area contributed by atoms with E-state index in [1.807, 2.05) is 36.4 Å². The molecule has 0 radical (unpaired) electrons. The molecule has 114 valence electrons. The highest BCUT2D eigenvalue weighted by Gasteiger charge is 2.19. The molecule has 2 nitrogen and oxygen atoms in total. The normalized spacial score (nSPS) is 13.1. The molecule has 1 aliphatic rings. The summed E-state index contributed by atoms with van der Waals surface area (Å²) in [6, 6.07) is 12.7. The molecule has 0 bridgehead atoms. The topological polar surface area (TPSA) is 16.4 Å². The molecular weight excluding hydrogens is 404 g/mol. The van der Waals surface area contributed by atoms with E-state index in [4.69, 9.17) is 4.42 Å². The first-order valence-corrected chi connectivity index (χ1v) is 8.30. The van der Waals surface area contributed by atoms with Gasteiger partial charge in [-0.15, -0.1) is 0 Å².